The van der Waals surface area contributed by atoms with E-state index < -0.39 is 0 Å². The van der Waals surface area contributed by atoms with Gasteiger partial charge in [0, 0.05) is 21.1 Å². The zero-order valence-electron chi connectivity index (χ0n) is 10.3. The summed E-state index contributed by atoms with van der Waals surface area (Å²) in [6.45, 7) is 2.05. The standard InChI is InChI=1S/C14H14INOS/c1-10(13-7-4-8-18-13)16(2)14(17)11-5-3-6-12(15)9-11/h3-10H,1-2H3. The first-order valence-corrected chi connectivity index (χ1v) is 7.61. The second-order valence-corrected chi connectivity index (χ2v) is 6.34. The average Bonchev–Trinajstić information content (AvgIpc) is 2.90. The Kier molecular flexibility index (Phi) is 4.40. The molecule has 4 heteroatoms. The molecule has 0 saturated carbocycles. The molecule has 0 saturated heterocycles. The lowest BCUT2D eigenvalue weighted by Crippen LogP contribution is -2.29. The molecule has 1 amide bonds. The van der Waals surface area contributed by atoms with Gasteiger partial charge in [0.15, 0.2) is 0 Å². The molecule has 0 aliphatic rings. The van der Waals surface area contributed by atoms with E-state index in [-0.39, 0.29) is 11.9 Å². The molecular weight excluding hydrogens is 357 g/mol. The van der Waals surface area contributed by atoms with Crippen LogP contribution in [0.2, 0.25) is 0 Å². The van der Waals surface area contributed by atoms with Crippen molar-refractivity contribution in [2.24, 2.45) is 0 Å². The van der Waals surface area contributed by atoms with Crippen molar-refractivity contribution in [1.29, 1.82) is 0 Å². The van der Waals surface area contributed by atoms with E-state index >= 15 is 0 Å². The third-order valence-electron chi connectivity index (χ3n) is 2.93. The van der Waals surface area contributed by atoms with Crippen LogP contribution >= 0.6 is 33.9 Å². The Labute approximate surface area is 125 Å². The molecule has 2 nitrogen and oxygen atoms in total. The number of hydrogen-bond donors (Lipinski definition) is 0. The minimum Gasteiger partial charge on any atom is -0.334 e. The van der Waals surface area contributed by atoms with Gasteiger partial charge in [0.25, 0.3) is 5.91 Å². The number of halogens is 1. The van der Waals surface area contributed by atoms with E-state index in [4.69, 9.17) is 0 Å². The maximum absolute atomic E-state index is 12.4. The molecule has 1 unspecified atom stereocenters. The van der Waals surface area contributed by atoms with Crippen molar-refractivity contribution in [1.82, 2.24) is 4.90 Å². The molecule has 94 valence electrons. The van der Waals surface area contributed by atoms with Gasteiger partial charge in [0.1, 0.15) is 0 Å². The predicted octanol–water partition coefficient (Wildman–Crippen LogP) is 4.19. The van der Waals surface area contributed by atoms with Crippen LogP contribution in [0.25, 0.3) is 0 Å². The number of carbonyl (C=O) groups is 1. The molecule has 1 aromatic carbocycles. The van der Waals surface area contributed by atoms with Crippen LogP contribution in [0.3, 0.4) is 0 Å². The van der Waals surface area contributed by atoms with Gasteiger partial charge in [-0.1, -0.05) is 12.1 Å². The van der Waals surface area contributed by atoms with Crippen LogP contribution in [0.1, 0.15) is 28.2 Å². The third-order valence-corrected chi connectivity index (χ3v) is 4.64. The second kappa shape index (κ2) is 5.84. The van der Waals surface area contributed by atoms with E-state index in [0.29, 0.717) is 0 Å². The van der Waals surface area contributed by atoms with Crippen LogP contribution in [-0.2, 0) is 0 Å². The van der Waals surface area contributed by atoms with Gasteiger partial charge < -0.3 is 4.90 Å². The smallest absolute Gasteiger partial charge is 0.254 e. The van der Waals surface area contributed by atoms with Gasteiger partial charge in [-0.25, -0.2) is 0 Å². The first-order chi connectivity index (χ1) is 8.59. The Morgan fingerprint density at radius 1 is 1.33 bits per heavy atom. The fourth-order valence-electron chi connectivity index (χ4n) is 1.72. The molecule has 0 aliphatic heterocycles. The zero-order chi connectivity index (χ0) is 13.1. The van der Waals surface area contributed by atoms with Gasteiger partial charge in [-0.3, -0.25) is 4.79 Å². The van der Waals surface area contributed by atoms with Crippen LogP contribution in [0.5, 0.6) is 0 Å². The molecule has 0 spiro atoms. The molecule has 18 heavy (non-hydrogen) atoms. The highest BCUT2D eigenvalue weighted by Gasteiger charge is 2.19. The van der Waals surface area contributed by atoms with E-state index in [9.17, 15) is 4.79 Å². The summed E-state index contributed by atoms with van der Waals surface area (Å²) in [7, 11) is 1.85. The first kappa shape index (κ1) is 13.5. The molecule has 0 fully saturated rings. The van der Waals surface area contributed by atoms with Crippen LogP contribution in [0.4, 0.5) is 0 Å². The van der Waals surface area contributed by atoms with Crippen molar-refractivity contribution in [3.63, 3.8) is 0 Å². The van der Waals surface area contributed by atoms with Crippen LogP contribution in [-0.4, -0.2) is 17.9 Å². The highest BCUT2D eigenvalue weighted by molar-refractivity contribution is 14.1. The maximum atomic E-state index is 12.4. The molecule has 1 atom stereocenters. The lowest BCUT2D eigenvalue weighted by atomic mass is 10.1. The maximum Gasteiger partial charge on any atom is 0.254 e. The molecule has 1 heterocycles. The van der Waals surface area contributed by atoms with E-state index in [0.717, 1.165) is 9.13 Å². The lowest BCUT2D eigenvalue weighted by molar-refractivity contribution is 0.0745. The average molecular weight is 371 g/mol. The Bertz CT molecular complexity index is 538. The van der Waals surface area contributed by atoms with E-state index in [2.05, 4.69) is 35.6 Å². The van der Waals surface area contributed by atoms with Gasteiger partial charge >= 0.3 is 0 Å². The van der Waals surface area contributed by atoms with Crippen molar-refractivity contribution in [3.8, 4) is 0 Å². The summed E-state index contributed by atoms with van der Waals surface area (Å²) in [5.41, 5.74) is 0.743. The summed E-state index contributed by atoms with van der Waals surface area (Å²) < 4.78 is 1.08. The van der Waals surface area contributed by atoms with Crippen molar-refractivity contribution in [3.05, 3.63) is 55.8 Å². The van der Waals surface area contributed by atoms with E-state index in [1.54, 1.807) is 16.2 Å². The fraction of sp³-hybridized carbons (Fsp3) is 0.214. The van der Waals surface area contributed by atoms with Crippen LogP contribution < -0.4 is 0 Å². The van der Waals surface area contributed by atoms with Crippen molar-refractivity contribution >= 4 is 39.8 Å². The van der Waals surface area contributed by atoms with Gasteiger partial charge in [0.2, 0.25) is 0 Å². The van der Waals surface area contributed by atoms with Gasteiger partial charge in [-0.2, -0.15) is 0 Å². The van der Waals surface area contributed by atoms with Crippen molar-refractivity contribution in [2.75, 3.05) is 7.05 Å². The molecule has 0 N–H and O–H groups in total. The van der Waals surface area contributed by atoms with Crippen LogP contribution in [0.15, 0.2) is 41.8 Å². The number of amides is 1. The molecule has 0 bridgehead atoms. The quantitative estimate of drug-likeness (QED) is 0.741. The number of thiophene rings is 1. The summed E-state index contributed by atoms with van der Waals surface area (Å²) in [6, 6.07) is 11.9. The van der Waals surface area contributed by atoms with Crippen molar-refractivity contribution in [2.45, 2.75) is 13.0 Å². The predicted molar refractivity (Wildman–Crippen MR) is 84.0 cm³/mol. The molecule has 2 aromatic rings. The lowest BCUT2D eigenvalue weighted by Gasteiger charge is -2.24. The number of hydrogen-bond acceptors (Lipinski definition) is 2. The number of carbonyl (C=O) groups excluding carboxylic acids is 1. The van der Waals surface area contributed by atoms with Gasteiger partial charge in [-0.15, -0.1) is 11.3 Å². The third kappa shape index (κ3) is 2.92. The molecular formula is C14H14INOS. The normalized spacial score (nSPS) is 12.2. The minimum absolute atomic E-state index is 0.0643. The monoisotopic (exact) mass is 371 g/mol. The highest BCUT2D eigenvalue weighted by atomic mass is 127. The molecule has 2 rings (SSSR count). The zero-order valence-corrected chi connectivity index (χ0v) is 13.2. The molecule has 0 radical (unpaired) electrons. The summed E-state index contributed by atoms with van der Waals surface area (Å²) in [5.74, 6) is 0.0643. The Morgan fingerprint density at radius 3 is 2.72 bits per heavy atom. The molecule has 0 aliphatic carbocycles. The summed E-state index contributed by atoms with van der Waals surface area (Å²) in [5, 5.41) is 2.04. The van der Waals surface area contributed by atoms with Crippen molar-refractivity contribution < 1.29 is 4.79 Å². The Balaban J connectivity index is 2.19. The summed E-state index contributed by atoms with van der Waals surface area (Å²) >= 11 is 3.90. The molecule has 1 aromatic heterocycles. The Hall–Kier alpha value is -0.880. The number of rotatable bonds is 3. The minimum atomic E-state index is 0.0643. The number of nitrogens with zero attached hydrogens (tertiary/aromatic N) is 1. The van der Waals surface area contributed by atoms with Crippen LogP contribution in [0, 0.1) is 3.57 Å². The first-order valence-electron chi connectivity index (χ1n) is 5.65. The highest BCUT2D eigenvalue weighted by Crippen LogP contribution is 2.24. The topological polar surface area (TPSA) is 20.3 Å². The second-order valence-electron chi connectivity index (χ2n) is 4.12. The largest absolute Gasteiger partial charge is 0.334 e. The fourth-order valence-corrected chi connectivity index (χ4v) is 3.09. The van der Waals surface area contributed by atoms with Gasteiger partial charge in [0.05, 0.1) is 6.04 Å². The van der Waals surface area contributed by atoms with E-state index in [1.807, 2.05) is 42.8 Å². The van der Waals surface area contributed by atoms with E-state index in [1.165, 1.54) is 4.88 Å². The summed E-state index contributed by atoms with van der Waals surface area (Å²) in [6.07, 6.45) is 0. The van der Waals surface area contributed by atoms with Gasteiger partial charge in [-0.05, 0) is 59.2 Å². The number of benzene rings is 1. The summed E-state index contributed by atoms with van der Waals surface area (Å²) in [4.78, 5) is 15.4. The SMILES string of the molecule is CC(c1cccs1)N(C)C(=O)c1cccc(I)c1. The Morgan fingerprint density at radius 2 is 2.11 bits per heavy atom.